The number of aliphatic imine (C=N–C) groups is 1. The molecular weight excluding hydrogens is 138 g/mol. The summed E-state index contributed by atoms with van der Waals surface area (Å²) in [4.78, 5) is 8.03. The van der Waals surface area contributed by atoms with E-state index in [0.29, 0.717) is 6.04 Å². The summed E-state index contributed by atoms with van der Waals surface area (Å²) in [6, 6.07) is 4.37. The molecule has 1 unspecified atom stereocenters. The van der Waals surface area contributed by atoms with Gasteiger partial charge < -0.3 is 5.32 Å². The number of hydrogen-bond donors (Lipinski definition) is 1. The number of rotatable bonds is 1. The molecule has 1 aromatic heterocycles. The minimum absolute atomic E-state index is 0.359. The summed E-state index contributed by atoms with van der Waals surface area (Å²) >= 11 is 0. The van der Waals surface area contributed by atoms with E-state index in [4.69, 9.17) is 0 Å². The predicted octanol–water partition coefficient (Wildman–Crippen LogP) is 0.754. The van der Waals surface area contributed by atoms with Crippen molar-refractivity contribution < 1.29 is 0 Å². The van der Waals surface area contributed by atoms with E-state index in [9.17, 15) is 0 Å². The van der Waals surface area contributed by atoms with Gasteiger partial charge in [-0.2, -0.15) is 0 Å². The molecule has 0 amide bonds. The Bertz CT molecular complexity index is 247. The average Bonchev–Trinajstić information content (AvgIpc) is 2.58. The van der Waals surface area contributed by atoms with Gasteiger partial charge >= 0.3 is 0 Å². The second kappa shape index (κ2) is 2.70. The van der Waals surface area contributed by atoms with Crippen molar-refractivity contribution in [1.29, 1.82) is 0 Å². The second-order valence-electron chi connectivity index (χ2n) is 2.49. The molecule has 0 spiro atoms. The summed E-state index contributed by atoms with van der Waals surface area (Å²) in [5.74, 6) is 0. The zero-order chi connectivity index (χ0) is 7.52. The van der Waals surface area contributed by atoms with Crippen molar-refractivity contribution in [2.24, 2.45) is 4.99 Å². The molecule has 0 radical (unpaired) electrons. The second-order valence-corrected chi connectivity index (χ2v) is 2.49. The van der Waals surface area contributed by atoms with Crippen LogP contribution in [0, 0.1) is 0 Å². The van der Waals surface area contributed by atoms with Crippen LogP contribution < -0.4 is 5.32 Å². The molecule has 1 aliphatic rings. The van der Waals surface area contributed by atoms with Gasteiger partial charge in [0.15, 0.2) is 0 Å². The molecule has 3 nitrogen and oxygen atoms in total. The summed E-state index contributed by atoms with van der Waals surface area (Å²) in [7, 11) is 0. The Kier molecular flexibility index (Phi) is 1.55. The zero-order valence-electron chi connectivity index (χ0n) is 6.07. The van der Waals surface area contributed by atoms with Crippen LogP contribution in [-0.2, 0) is 0 Å². The number of pyridine rings is 1. The monoisotopic (exact) mass is 147 g/mol. The van der Waals surface area contributed by atoms with Crippen molar-refractivity contribution in [1.82, 2.24) is 10.3 Å². The summed E-state index contributed by atoms with van der Waals surface area (Å²) < 4.78 is 0. The molecule has 1 aliphatic heterocycles. The van der Waals surface area contributed by atoms with Crippen molar-refractivity contribution >= 4 is 6.34 Å². The smallest absolute Gasteiger partial charge is 0.0830 e. The quantitative estimate of drug-likeness (QED) is 0.636. The molecular formula is C8H9N3. The molecule has 1 atom stereocenters. The summed E-state index contributed by atoms with van der Waals surface area (Å²) in [5, 5.41) is 3.15. The van der Waals surface area contributed by atoms with Gasteiger partial charge in [-0.05, 0) is 17.7 Å². The van der Waals surface area contributed by atoms with Crippen molar-refractivity contribution in [3.8, 4) is 0 Å². The van der Waals surface area contributed by atoms with Gasteiger partial charge in [-0.1, -0.05) is 0 Å². The van der Waals surface area contributed by atoms with Gasteiger partial charge in [0.1, 0.15) is 0 Å². The van der Waals surface area contributed by atoms with E-state index in [2.05, 4.69) is 15.3 Å². The van der Waals surface area contributed by atoms with E-state index in [1.54, 1.807) is 18.7 Å². The van der Waals surface area contributed by atoms with E-state index in [-0.39, 0.29) is 0 Å². The standard InChI is InChI=1S/C8H9N3/c1-3-9-4-2-7(1)8-5-10-6-11-8/h1-4,6,8H,5H2,(H,10,11). The summed E-state index contributed by atoms with van der Waals surface area (Å²) in [6.07, 6.45) is 5.36. The van der Waals surface area contributed by atoms with E-state index in [1.807, 2.05) is 12.1 Å². The Balaban J connectivity index is 2.17. The van der Waals surface area contributed by atoms with Crippen LogP contribution in [0.15, 0.2) is 29.5 Å². The minimum Gasteiger partial charge on any atom is -0.368 e. The predicted molar refractivity (Wildman–Crippen MR) is 43.5 cm³/mol. The molecule has 3 heteroatoms. The topological polar surface area (TPSA) is 37.3 Å². The normalized spacial score (nSPS) is 21.6. The van der Waals surface area contributed by atoms with E-state index in [0.717, 1.165) is 6.54 Å². The van der Waals surface area contributed by atoms with Crippen LogP contribution >= 0.6 is 0 Å². The largest absolute Gasteiger partial charge is 0.368 e. The van der Waals surface area contributed by atoms with Gasteiger partial charge in [0.2, 0.25) is 0 Å². The van der Waals surface area contributed by atoms with Crippen LogP contribution in [0.2, 0.25) is 0 Å². The molecule has 0 saturated carbocycles. The highest BCUT2D eigenvalue weighted by molar-refractivity contribution is 5.58. The number of nitrogens with one attached hydrogen (secondary N) is 1. The lowest BCUT2D eigenvalue weighted by Crippen LogP contribution is -2.15. The third-order valence-electron chi connectivity index (χ3n) is 1.76. The van der Waals surface area contributed by atoms with Crippen LogP contribution in [-0.4, -0.2) is 17.9 Å². The highest BCUT2D eigenvalue weighted by Crippen LogP contribution is 2.13. The van der Waals surface area contributed by atoms with Crippen LogP contribution in [0.25, 0.3) is 0 Å². The highest BCUT2D eigenvalue weighted by atomic mass is 15.1. The van der Waals surface area contributed by atoms with Crippen LogP contribution in [0.3, 0.4) is 0 Å². The first-order valence-electron chi connectivity index (χ1n) is 3.61. The third-order valence-corrected chi connectivity index (χ3v) is 1.76. The van der Waals surface area contributed by atoms with Crippen LogP contribution in [0.4, 0.5) is 0 Å². The summed E-state index contributed by atoms with van der Waals surface area (Å²) in [6.45, 7) is 0.837. The lowest BCUT2D eigenvalue weighted by atomic mass is 10.1. The van der Waals surface area contributed by atoms with Crippen molar-refractivity contribution in [2.45, 2.75) is 6.04 Å². The first-order chi connectivity index (χ1) is 5.47. The maximum Gasteiger partial charge on any atom is 0.0830 e. The van der Waals surface area contributed by atoms with E-state index in [1.165, 1.54) is 5.56 Å². The molecule has 0 fully saturated rings. The number of aromatic nitrogens is 1. The lowest BCUT2D eigenvalue weighted by Gasteiger charge is -2.07. The number of nitrogens with zero attached hydrogens (tertiary/aromatic N) is 2. The van der Waals surface area contributed by atoms with Crippen molar-refractivity contribution in [3.63, 3.8) is 0 Å². The van der Waals surface area contributed by atoms with Crippen LogP contribution in [0.1, 0.15) is 11.6 Å². The Hall–Kier alpha value is -1.38. The maximum atomic E-state index is 4.08. The maximum absolute atomic E-state index is 4.08. The molecule has 0 saturated heterocycles. The first kappa shape index (κ1) is 6.34. The minimum atomic E-state index is 0.359. The van der Waals surface area contributed by atoms with Gasteiger partial charge in [0, 0.05) is 12.4 Å². The highest BCUT2D eigenvalue weighted by Gasteiger charge is 2.11. The van der Waals surface area contributed by atoms with Gasteiger partial charge in [0.25, 0.3) is 0 Å². The third kappa shape index (κ3) is 1.22. The van der Waals surface area contributed by atoms with E-state index < -0.39 is 0 Å². The lowest BCUT2D eigenvalue weighted by molar-refractivity contribution is 0.711. The Morgan fingerprint density at radius 1 is 1.36 bits per heavy atom. The molecule has 2 rings (SSSR count). The zero-order valence-corrected chi connectivity index (χ0v) is 6.07. The molecule has 56 valence electrons. The first-order valence-corrected chi connectivity index (χ1v) is 3.61. The molecule has 11 heavy (non-hydrogen) atoms. The van der Waals surface area contributed by atoms with Gasteiger partial charge in [0.05, 0.1) is 18.9 Å². The Labute approximate surface area is 65.2 Å². The Morgan fingerprint density at radius 3 is 2.82 bits per heavy atom. The fraction of sp³-hybridized carbons (Fsp3) is 0.250. The molecule has 2 heterocycles. The fourth-order valence-electron chi connectivity index (χ4n) is 1.15. The van der Waals surface area contributed by atoms with Gasteiger partial charge in [-0.15, -0.1) is 0 Å². The van der Waals surface area contributed by atoms with Gasteiger partial charge in [-0.25, -0.2) is 0 Å². The average molecular weight is 147 g/mol. The molecule has 1 aromatic rings. The molecule has 1 N–H and O–H groups in total. The molecule has 0 aromatic carbocycles. The SMILES string of the molecule is C1=NCC(c2ccncc2)N1. The van der Waals surface area contributed by atoms with Crippen LogP contribution in [0.5, 0.6) is 0 Å². The van der Waals surface area contributed by atoms with Gasteiger partial charge in [-0.3, -0.25) is 9.98 Å². The molecule has 0 aliphatic carbocycles. The van der Waals surface area contributed by atoms with E-state index >= 15 is 0 Å². The fourth-order valence-corrected chi connectivity index (χ4v) is 1.15. The van der Waals surface area contributed by atoms with Crippen molar-refractivity contribution in [2.75, 3.05) is 6.54 Å². The van der Waals surface area contributed by atoms with Crippen molar-refractivity contribution in [3.05, 3.63) is 30.1 Å². The molecule has 0 bridgehead atoms. The Morgan fingerprint density at radius 2 is 2.18 bits per heavy atom. The summed E-state index contributed by atoms with van der Waals surface area (Å²) in [5.41, 5.74) is 1.25. The number of hydrogen-bond acceptors (Lipinski definition) is 3.